The van der Waals surface area contributed by atoms with Crippen LogP contribution in [0.1, 0.15) is 44.7 Å². The number of carbonyl (C=O) groups excluding carboxylic acids is 1. The average molecular weight is 441 g/mol. The number of methoxy groups -OCH3 is 1. The number of nitriles is 1. The van der Waals surface area contributed by atoms with E-state index in [1.165, 1.54) is 4.57 Å². The monoisotopic (exact) mass is 440 g/mol. The summed E-state index contributed by atoms with van der Waals surface area (Å²) >= 11 is 0. The number of fused-ring (bicyclic) bond motifs is 1. The Labute approximate surface area is 188 Å². The Morgan fingerprint density at radius 2 is 1.97 bits per heavy atom. The van der Waals surface area contributed by atoms with Gasteiger partial charge in [-0.05, 0) is 63.8 Å². The van der Waals surface area contributed by atoms with Gasteiger partial charge in [-0.25, -0.2) is 4.79 Å². The van der Waals surface area contributed by atoms with Crippen LogP contribution in [-0.2, 0) is 18.2 Å². The van der Waals surface area contributed by atoms with E-state index >= 15 is 0 Å². The molecule has 32 heavy (non-hydrogen) atoms. The highest BCUT2D eigenvalue weighted by atomic mass is 16.6. The zero-order valence-corrected chi connectivity index (χ0v) is 19.5. The maximum absolute atomic E-state index is 12.7. The molecule has 0 radical (unpaired) electrons. The second-order valence-corrected chi connectivity index (χ2v) is 9.22. The van der Waals surface area contributed by atoms with Crippen molar-refractivity contribution in [2.24, 2.45) is 7.05 Å². The van der Waals surface area contributed by atoms with Crippen molar-refractivity contribution in [2.75, 3.05) is 26.7 Å². The molecule has 8 heteroatoms. The number of hydrogen-bond donors (Lipinski definition) is 1. The molecule has 1 saturated heterocycles. The molecule has 1 aromatic heterocycles. The summed E-state index contributed by atoms with van der Waals surface area (Å²) in [5, 5.41) is 13.5. The van der Waals surface area contributed by atoms with Crippen LogP contribution in [0.15, 0.2) is 23.0 Å². The number of ether oxygens (including phenoxy) is 2. The molecular weight excluding hydrogens is 408 g/mol. The Hall–Kier alpha value is -3.05. The molecular formula is C24H32N4O4. The average Bonchev–Trinajstić information content (AvgIpc) is 2.74. The number of carbonyl (C=O) groups is 1. The van der Waals surface area contributed by atoms with Crippen LogP contribution in [0, 0.1) is 11.3 Å². The smallest absolute Gasteiger partial charge is 0.407 e. The molecule has 1 aromatic carbocycles. The second-order valence-electron chi connectivity index (χ2n) is 9.22. The number of pyridine rings is 1. The normalized spacial score (nSPS) is 15.4. The summed E-state index contributed by atoms with van der Waals surface area (Å²) in [4.78, 5) is 27.0. The van der Waals surface area contributed by atoms with Crippen LogP contribution >= 0.6 is 0 Å². The van der Waals surface area contributed by atoms with Crippen molar-refractivity contribution in [2.45, 2.75) is 51.7 Å². The molecule has 0 atom stereocenters. The van der Waals surface area contributed by atoms with E-state index in [4.69, 9.17) is 9.47 Å². The lowest BCUT2D eigenvalue weighted by atomic mass is 9.99. The van der Waals surface area contributed by atoms with Crippen LogP contribution in [0.5, 0.6) is 5.75 Å². The number of amides is 1. The first-order valence-corrected chi connectivity index (χ1v) is 10.9. The fourth-order valence-electron chi connectivity index (χ4n) is 4.14. The maximum atomic E-state index is 12.7. The summed E-state index contributed by atoms with van der Waals surface area (Å²) in [6, 6.07) is 7.77. The van der Waals surface area contributed by atoms with Crippen LogP contribution in [0.3, 0.4) is 0 Å². The summed E-state index contributed by atoms with van der Waals surface area (Å²) in [6.07, 6.45) is 1.87. The third-order valence-corrected chi connectivity index (χ3v) is 5.81. The van der Waals surface area contributed by atoms with Crippen molar-refractivity contribution in [1.29, 1.82) is 5.26 Å². The van der Waals surface area contributed by atoms with Gasteiger partial charge in [-0.1, -0.05) is 0 Å². The molecule has 0 saturated carbocycles. The molecule has 172 valence electrons. The van der Waals surface area contributed by atoms with E-state index in [0.29, 0.717) is 12.2 Å². The topological polar surface area (TPSA) is 96.6 Å². The predicted molar refractivity (Wildman–Crippen MR) is 123 cm³/mol. The Bertz CT molecular complexity index is 1090. The van der Waals surface area contributed by atoms with Crippen molar-refractivity contribution >= 4 is 17.0 Å². The van der Waals surface area contributed by atoms with E-state index in [-0.39, 0.29) is 23.3 Å². The van der Waals surface area contributed by atoms with Gasteiger partial charge in [-0.2, -0.15) is 5.26 Å². The molecule has 1 fully saturated rings. The van der Waals surface area contributed by atoms with Crippen LogP contribution in [0.25, 0.3) is 10.9 Å². The molecule has 0 aliphatic carbocycles. The molecule has 2 heterocycles. The van der Waals surface area contributed by atoms with Crippen molar-refractivity contribution in [3.8, 4) is 11.8 Å². The van der Waals surface area contributed by atoms with Gasteiger partial charge in [0.2, 0.25) is 0 Å². The number of nitrogens with one attached hydrogen (secondary N) is 1. The van der Waals surface area contributed by atoms with Crippen LogP contribution in [-0.4, -0.2) is 53.9 Å². The van der Waals surface area contributed by atoms with Gasteiger partial charge in [0.25, 0.3) is 5.56 Å². The van der Waals surface area contributed by atoms with Crippen LogP contribution in [0.2, 0.25) is 0 Å². The van der Waals surface area contributed by atoms with Crippen LogP contribution in [0.4, 0.5) is 4.79 Å². The first-order chi connectivity index (χ1) is 15.1. The summed E-state index contributed by atoms with van der Waals surface area (Å²) in [7, 11) is 3.29. The van der Waals surface area contributed by atoms with E-state index in [9.17, 15) is 14.9 Å². The molecule has 0 bridgehead atoms. The lowest BCUT2D eigenvalue weighted by Gasteiger charge is -2.33. The highest BCUT2D eigenvalue weighted by molar-refractivity contribution is 5.86. The van der Waals surface area contributed by atoms with Gasteiger partial charge in [0.1, 0.15) is 23.0 Å². The van der Waals surface area contributed by atoms with Gasteiger partial charge in [-0.3, -0.25) is 4.79 Å². The fraction of sp³-hybridized carbons (Fsp3) is 0.542. The lowest BCUT2D eigenvalue weighted by molar-refractivity contribution is 0.0479. The van der Waals surface area contributed by atoms with Crippen molar-refractivity contribution < 1.29 is 14.3 Å². The molecule has 0 spiro atoms. The first kappa shape index (κ1) is 23.6. The Morgan fingerprint density at radius 1 is 1.28 bits per heavy atom. The zero-order valence-electron chi connectivity index (χ0n) is 19.5. The van der Waals surface area contributed by atoms with Crippen molar-refractivity contribution in [3.05, 3.63) is 39.7 Å². The zero-order chi connectivity index (χ0) is 23.5. The molecule has 0 unspecified atom stereocenters. The number of rotatable bonds is 5. The Balaban J connectivity index is 1.70. The second kappa shape index (κ2) is 9.61. The number of aromatic nitrogens is 1. The minimum atomic E-state index is -0.512. The number of hydrogen-bond acceptors (Lipinski definition) is 6. The van der Waals surface area contributed by atoms with Gasteiger partial charge < -0.3 is 24.3 Å². The summed E-state index contributed by atoms with van der Waals surface area (Å²) in [5.74, 6) is 0.690. The van der Waals surface area contributed by atoms with Gasteiger partial charge in [0.05, 0.1) is 12.6 Å². The van der Waals surface area contributed by atoms with Gasteiger partial charge >= 0.3 is 6.09 Å². The van der Waals surface area contributed by atoms with Gasteiger partial charge in [0, 0.05) is 38.1 Å². The van der Waals surface area contributed by atoms with E-state index in [1.807, 2.05) is 39.0 Å². The fourth-order valence-corrected chi connectivity index (χ4v) is 4.14. The summed E-state index contributed by atoms with van der Waals surface area (Å²) in [5.41, 5.74) is 0.945. The van der Waals surface area contributed by atoms with Crippen molar-refractivity contribution in [1.82, 2.24) is 14.8 Å². The third kappa shape index (κ3) is 5.40. The van der Waals surface area contributed by atoms with Crippen LogP contribution < -0.4 is 15.6 Å². The number of aryl methyl sites for hydroxylation is 1. The number of alkyl carbamates (subject to hydrolysis) is 1. The molecule has 1 aliphatic rings. The SMILES string of the molecule is COc1ccc2c(c1)c(CCN1CCC(NC(=O)OC(C)(C)C)CC1)c(C#N)c(=O)n2C. The number of likely N-dealkylation sites (tertiary alicyclic amines) is 1. The molecule has 2 aromatic rings. The number of nitrogens with zero attached hydrogens (tertiary/aromatic N) is 3. The maximum Gasteiger partial charge on any atom is 0.407 e. The summed E-state index contributed by atoms with van der Waals surface area (Å²) < 4.78 is 12.2. The van der Waals surface area contributed by atoms with E-state index in [2.05, 4.69) is 16.3 Å². The largest absolute Gasteiger partial charge is 0.497 e. The molecule has 3 rings (SSSR count). The van der Waals surface area contributed by atoms with E-state index in [0.717, 1.165) is 48.9 Å². The molecule has 1 amide bonds. The minimum Gasteiger partial charge on any atom is -0.497 e. The number of piperidine rings is 1. The van der Waals surface area contributed by atoms with Crippen molar-refractivity contribution in [3.63, 3.8) is 0 Å². The molecule has 8 nitrogen and oxygen atoms in total. The lowest BCUT2D eigenvalue weighted by Crippen LogP contribution is -2.46. The van der Waals surface area contributed by atoms with Gasteiger partial charge in [-0.15, -0.1) is 0 Å². The Kier molecular flexibility index (Phi) is 7.09. The number of benzene rings is 1. The standard InChI is InChI=1S/C24H32N4O4/c1-24(2,3)32-23(30)26-16-8-11-28(12-9-16)13-10-18-19-14-17(31-5)6-7-21(19)27(4)22(29)20(18)15-25/h6-7,14,16H,8-13H2,1-5H3,(H,26,30). The summed E-state index contributed by atoms with van der Waals surface area (Å²) in [6.45, 7) is 7.93. The first-order valence-electron chi connectivity index (χ1n) is 10.9. The molecule has 1 aliphatic heterocycles. The minimum absolute atomic E-state index is 0.0879. The third-order valence-electron chi connectivity index (χ3n) is 5.81. The molecule has 1 N–H and O–H groups in total. The van der Waals surface area contributed by atoms with Gasteiger partial charge in [0.15, 0.2) is 0 Å². The quantitative estimate of drug-likeness (QED) is 0.768. The highest BCUT2D eigenvalue weighted by Gasteiger charge is 2.24. The van der Waals surface area contributed by atoms with E-state index in [1.54, 1.807) is 14.2 Å². The predicted octanol–water partition coefficient (Wildman–Crippen LogP) is 2.95. The Morgan fingerprint density at radius 3 is 2.56 bits per heavy atom. The van der Waals surface area contributed by atoms with E-state index < -0.39 is 5.60 Å². The highest BCUT2D eigenvalue weighted by Crippen LogP contribution is 2.25.